The highest BCUT2D eigenvalue weighted by Crippen LogP contribution is 2.31. The standard InChI is InChI=1S/C16H16N2O4S/c1-18(12-5-3-2-4-6-12)23(20,21)13-7-8-15-14(11-13)17-16(19)9-10-22-15/h2-8,11H,9-10H2,1H3,(H,17,19). The van der Waals surface area contributed by atoms with Crippen molar-refractivity contribution in [1.29, 1.82) is 0 Å². The number of para-hydroxylation sites is 1. The van der Waals surface area contributed by atoms with Gasteiger partial charge in [0.1, 0.15) is 5.75 Å². The Hall–Kier alpha value is -2.54. The number of hydrogen-bond acceptors (Lipinski definition) is 4. The van der Waals surface area contributed by atoms with Gasteiger partial charge in [-0.05, 0) is 30.3 Å². The third kappa shape index (κ3) is 3.00. The maximum atomic E-state index is 12.8. The molecule has 23 heavy (non-hydrogen) atoms. The Morgan fingerprint density at radius 1 is 1.13 bits per heavy atom. The van der Waals surface area contributed by atoms with Gasteiger partial charge in [-0.3, -0.25) is 9.10 Å². The molecule has 0 saturated carbocycles. The van der Waals surface area contributed by atoms with Crippen LogP contribution in [0.1, 0.15) is 6.42 Å². The van der Waals surface area contributed by atoms with E-state index in [9.17, 15) is 13.2 Å². The zero-order chi connectivity index (χ0) is 16.4. The van der Waals surface area contributed by atoms with E-state index in [-0.39, 0.29) is 23.8 Å². The number of nitrogens with zero attached hydrogens (tertiary/aromatic N) is 1. The fourth-order valence-corrected chi connectivity index (χ4v) is 3.52. The maximum Gasteiger partial charge on any atom is 0.264 e. The average Bonchev–Trinajstić information content (AvgIpc) is 2.74. The molecule has 0 unspecified atom stereocenters. The van der Waals surface area contributed by atoms with Crippen LogP contribution in [-0.4, -0.2) is 28.0 Å². The molecule has 0 atom stereocenters. The normalized spacial score (nSPS) is 14.2. The molecular formula is C16H16N2O4S. The lowest BCUT2D eigenvalue weighted by Gasteiger charge is -2.20. The highest BCUT2D eigenvalue weighted by atomic mass is 32.2. The summed E-state index contributed by atoms with van der Waals surface area (Å²) in [6, 6.07) is 13.3. The van der Waals surface area contributed by atoms with E-state index in [1.54, 1.807) is 30.3 Å². The van der Waals surface area contributed by atoms with Crippen molar-refractivity contribution in [3.05, 3.63) is 48.5 Å². The van der Waals surface area contributed by atoms with Crippen molar-refractivity contribution in [2.45, 2.75) is 11.3 Å². The molecule has 1 aliphatic rings. The first-order valence-electron chi connectivity index (χ1n) is 7.09. The zero-order valence-electron chi connectivity index (χ0n) is 12.5. The summed E-state index contributed by atoms with van der Waals surface area (Å²) >= 11 is 0. The summed E-state index contributed by atoms with van der Waals surface area (Å²) < 4.78 is 32.2. The van der Waals surface area contributed by atoms with E-state index in [2.05, 4.69) is 5.32 Å². The molecule has 0 spiro atoms. The van der Waals surface area contributed by atoms with Crippen molar-refractivity contribution in [1.82, 2.24) is 0 Å². The van der Waals surface area contributed by atoms with Crippen molar-refractivity contribution in [3.8, 4) is 5.75 Å². The van der Waals surface area contributed by atoms with Crippen LogP contribution in [0.25, 0.3) is 0 Å². The Balaban J connectivity index is 1.99. The van der Waals surface area contributed by atoms with E-state index in [0.29, 0.717) is 17.1 Å². The Kier molecular flexibility index (Phi) is 3.96. The van der Waals surface area contributed by atoms with Crippen molar-refractivity contribution < 1.29 is 17.9 Å². The second-order valence-corrected chi connectivity index (χ2v) is 7.08. The van der Waals surface area contributed by atoms with Crippen LogP contribution in [0.15, 0.2) is 53.4 Å². The molecule has 1 heterocycles. The summed E-state index contributed by atoms with van der Waals surface area (Å²) in [5.41, 5.74) is 0.928. The lowest BCUT2D eigenvalue weighted by Crippen LogP contribution is -2.26. The van der Waals surface area contributed by atoms with E-state index in [1.165, 1.54) is 23.5 Å². The second kappa shape index (κ2) is 5.92. The van der Waals surface area contributed by atoms with Crippen LogP contribution in [0.2, 0.25) is 0 Å². The Labute approximate surface area is 134 Å². The number of hydrogen-bond donors (Lipinski definition) is 1. The minimum atomic E-state index is -3.73. The smallest absolute Gasteiger partial charge is 0.264 e. The minimum absolute atomic E-state index is 0.0911. The number of carbonyl (C=O) groups is 1. The third-order valence-corrected chi connectivity index (χ3v) is 5.37. The minimum Gasteiger partial charge on any atom is -0.491 e. The first-order valence-corrected chi connectivity index (χ1v) is 8.53. The van der Waals surface area contributed by atoms with Gasteiger partial charge < -0.3 is 10.1 Å². The van der Waals surface area contributed by atoms with Crippen molar-refractivity contribution >= 4 is 27.3 Å². The maximum absolute atomic E-state index is 12.8. The summed E-state index contributed by atoms with van der Waals surface area (Å²) in [6.07, 6.45) is 0.237. The van der Waals surface area contributed by atoms with Crippen LogP contribution < -0.4 is 14.4 Å². The fraction of sp³-hybridized carbons (Fsp3) is 0.188. The Bertz CT molecular complexity index is 834. The summed E-state index contributed by atoms with van der Waals surface area (Å²) in [5.74, 6) is 0.270. The van der Waals surface area contributed by atoms with Crippen molar-refractivity contribution in [3.63, 3.8) is 0 Å². The van der Waals surface area contributed by atoms with Gasteiger partial charge in [0.05, 0.1) is 29.3 Å². The first-order chi connectivity index (χ1) is 11.0. The largest absolute Gasteiger partial charge is 0.491 e. The Morgan fingerprint density at radius 2 is 1.87 bits per heavy atom. The molecule has 0 bridgehead atoms. The average molecular weight is 332 g/mol. The van der Waals surface area contributed by atoms with E-state index in [4.69, 9.17) is 4.74 Å². The van der Waals surface area contributed by atoms with Crippen LogP contribution >= 0.6 is 0 Å². The summed E-state index contributed by atoms with van der Waals surface area (Å²) in [4.78, 5) is 11.7. The number of sulfonamides is 1. The molecular weight excluding hydrogens is 316 g/mol. The van der Waals surface area contributed by atoms with Gasteiger partial charge in [0.2, 0.25) is 5.91 Å². The van der Waals surface area contributed by atoms with Crippen LogP contribution in [0.3, 0.4) is 0 Å². The van der Waals surface area contributed by atoms with Gasteiger partial charge in [-0.15, -0.1) is 0 Å². The van der Waals surface area contributed by atoms with Gasteiger partial charge in [0.25, 0.3) is 10.0 Å². The SMILES string of the molecule is CN(c1ccccc1)S(=O)(=O)c1ccc2c(c1)NC(=O)CCO2. The van der Waals surface area contributed by atoms with Crippen LogP contribution in [0.4, 0.5) is 11.4 Å². The van der Waals surface area contributed by atoms with E-state index in [1.807, 2.05) is 6.07 Å². The summed E-state index contributed by atoms with van der Waals surface area (Å²) in [7, 11) is -2.24. The topological polar surface area (TPSA) is 75.7 Å². The highest BCUT2D eigenvalue weighted by Gasteiger charge is 2.24. The van der Waals surface area contributed by atoms with Gasteiger partial charge in [-0.2, -0.15) is 0 Å². The zero-order valence-corrected chi connectivity index (χ0v) is 13.3. The number of ether oxygens (including phenoxy) is 1. The number of rotatable bonds is 3. The second-order valence-electron chi connectivity index (χ2n) is 5.11. The summed E-state index contributed by atoms with van der Waals surface area (Å²) in [5, 5.41) is 2.67. The molecule has 2 aromatic carbocycles. The van der Waals surface area contributed by atoms with Gasteiger partial charge in [0, 0.05) is 7.05 Å². The number of benzene rings is 2. The van der Waals surface area contributed by atoms with Crippen molar-refractivity contribution in [2.24, 2.45) is 0 Å². The van der Waals surface area contributed by atoms with E-state index < -0.39 is 10.0 Å². The predicted octanol–water partition coefficient (Wildman–Crippen LogP) is 2.23. The molecule has 0 aliphatic carbocycles. The quantitative estimate of drug-likeness (QED) is 0.935. The number of carbonyl (C=O) groups excluding carboxylic acids is 1. The van der Waals surface area contributed by atoms with Crippen LogP contribution in [-0.2, 0) is 14.8 Å². The molecule has 0 fully saturated rings. The lowest BCUT2D eigenvalue weighted by atomic mass is 10.3. The van der Waals surface area contributed by atoms with Gasteiger partial charge in [-0.1, -0.05) is 18.2 Å². The molecule has 120 valence electrons. The van der Waals surface area contributed by atoms with Gasteiger partial charge in [0.15, 0.2) is 0 Å². The molecule has 6 nitrogen and oxygen atoms in total. The number of amides is 1. The number of anilines is 2. The van der Waals surface area contributed by atoms with Gasteiger partial charge in [-0.25, -0.2) is 8.42 Å². The van der Waals surface area contributed by atoms with Gasteiger partial charge >= 0.3 is 0 Å². The Morgan fingerprint density at radius 3 is 2.61 bits per heavy atom. The van der Waals surface area contributed by atoms with Crippen molar-refractivity contribution in [2.75, 3.05) is 23.3 Å². The monoisotopic (exact) mass is 332 g/mol. The van der Waals surface area contributed by atoms with E-state index in [0.717, 1.165) is 0 Å². The molecule has 1 aliphatic heterocycles. The van der Waals surface area contributed by atoms with E-state index >= 15 is 0 Å². The fourth-order valence-electron chi connectivity index (χ4n) is 2.29. The third-order valence-electron chi connectivity index (χ3n) is 3.59. The first kappa shape index (κ1) is 15.4. The molecule has 1 N–H and O–H groups in total. The highest BCUT2D eigenvalue weighted by molar-refractivity contribution is 7.92. The number of fused-ring (bicyclic) bond motifs is 1. The van der Waals surface area contributed by atoms with Crippen LogP contribution in [0.5, 0.6) is 5.75 Å². The number of nitrogens with one attached hydrogen (secondary N) is 1. The molecule has 2 aromatic rings. The molecule has 0 radical (unpaired) electrons. The predicted molar refractivity (Wildman–Crippen MR) is 87.2 cm³/mol. The lowest BCUT2D eigenvalue weighted by molar-refractivity contribution is -0.116. The summed E-state index contributed by atoms with van der Waals surface area (Å²) in [6.45, 7) is 0.273. The molecule has 3 rings (SSSR count). The molecule has 0 saturated heterocycles. The molecule has 7 heteroatoms. The van der Waals surface area contributed by atoms with Crippen LogP contribution in [0, 0.1) is 0 Å². The molecule has 0 aromatic heterocycles. The molecule has 1 amide bonds.